The first-order chi connectivity index (χ1) is 7.18. The standard InChI is InChI=1S/C12H24N2O/c1-10(2)5-7-14-12(15)8-11-4-3-6-13-9-11/h10-11,13H,3-9H2,1-2H3,(H,14,15). The van der Waals surface area contributed by atoms with Gasteiger partial charge in [0.2, 0.25) is 5.91 Å². The third kappa shape index (κ3) is 5.78. The molecule has 0 spiro atoms. The maximum Gasteiger partial charge on any atom is 0.220 e. The second kappa shape index (κ2) is 6.83. The highest BCUT2D eigenvalue weighted by Gasteiger charge is 2.16. The Morgan fingerprint density at radius 2 is 2.33 bits per heavy atom. The summed E-state index contributed by atoms with van der Waals surface area (Å²) in [5.74, 6) is 1.45. The number of hydrogen-bond acceptors (Lipinski definition) is 2. The quantitative estimate of drug-likeness (QED) is 0.726. The summed E-state index contributed by atoms with van der Waals surface area (Å²) < 4.78 is 0. The smallest absolute Gasteiger partial charge is 0.220 e. The molecule has 1 heterocycles. The second-order valence-electron chi connectivity index (χ2n) is 4.95. The van der Waals surface area contributed by atoms with Crippen LogP contribution in [0.1, 0.15) is 39.5 Å². The summed E-state index contributed by atoms with van der Waals surface area (Å²) >= 11 is 0. The van der Waals surface area contributed by atoms with Crippen molar-refractivity contribution in [1.82, 2.24) is 10.6 Å². The van der Waals surface area contributed by atoms with Crippen molar-refractivity contribution in [2.45, 2.75) is 39.5 Å². The minimum atomic E-state index is 0.226. The predicted octanol–water partition coefficient (Wildman–Crippen LogP) is 1.54. The molecular formula is C12H24N2O. The fourth-order valence-electron chi connectivity index (χ4n) is 1.93. The number of nitrogens with one attached hydrogen (secondary N) is 2. The van der Waals surface area contributed by atoms with Gasteiger partial charge in [-0.1, -0.05) is 13.8 Å². The number of piperidine rings is 1. The topological polar surface area (TPSA) is 41.1 Å². The van der Waals surface area contributed by atoms with Crippen molar-refractivity contribution in [3.63, 3.8) is 0 Å². The van der Waals surface area contributed by atoms with E-state index in [1.165, 1.54) is 12.8 Å². The van der Waals surface area contributed by atoms with Crippen LogP contribution in [0.2, 0.25) is 0 Å². The Labute approximate surface area is 93.0 Å². The van der Waals surface area contributed by atoms with Gasteiger partial charge >= 0.3 is 0 Å². The van der Waals surface area contributed by atoms with Crippen molar-refractivity contribution >= 4 is 5.91 Å². The monoisotopic (exact) mass is 212 g/mol. The van der Waals surface area contributed by atoms with Crippen LogP contribution in [0.3, 0.4) is 0 Å². The molecule has 1 unspecified atom stereocenters. The molecule has 1 amide bonds. The molecule has 0 radical (unpaired) electrons. The second-order valence-corrected chi connectivity index (χ2v) is 4.95. The van der Waals surface area contributed by atoms with Gasteiger partial charge in [-0.05, 0) is 44.2 Å². The van der Waals surface area contributed by atoms with Crippen LogP contribution in [-0.4, -0.2) is 25.5 Å². The van der Waals surface area contributed by atoms with Gasteiger partial charge in [-0.3, -0.25) is 4.79 Å². The zero-order valence-electron chi connectivity index (χ0n) is 10.0. The lowest BCUT2D eigenvalue weighted by atomic mass is 9.96. The minimum Gasteiger partial charge on any atom is -0.356 e. The van der Waals surface area contributed by atoms with Crippen molar-refractivity contribution in [3.8, 4) is 0 Å². The molecule has 15 heavy (non-hydrogen) atoms. The summed E-state index contributed by atoms with van der Waals surface area (Å²) in [7, 11) is 0. The molecule has 1 atom stereocenters. The lowest BCUT2D eigenvalue weighted by molar-refractivity contribution is -0.122. The average molecular weight is 212 g/mol. The van der Waals surface area contributed by atoms with Crippen LogP contribution >= 0.6 is 0 Å². The molecule has 1 rings (SSSR count). The van der Waals surface area contributed by atoms with E-state index >= 15 is 0 Å². The summed E-state index contributed by atoms with van der Waals surface area (Å²) in [4.78, 5) is 11.6. The van der Waals surface area contributed by atoms with Gasteiger partial charge in [0.1, 0.15) is 0 Å². The Morgan fingerprint density at radius 1 is 1.53 bits per heavy atom. The van der Waals surface area contributed by atoms with E-state index in [-0.39, 0.29) is 5.91 Å². The highest BCUT2D eigenvalue weighted by Crippen LogP contribution is 2.13. The molecule has 1 fully saturated rings. The largest absolute Gasteiger partial charge is 0.356 e. The maximum absolute atomic E-state index is 11.6. The van der Waals surface area contributed by atoms with Crippen LogP contribution in [-0.2, 0) is 4.79 Å². The molecule has 2 N–H and O–H groups in total. The highest BCUT2D eigenvalue weighted by molar-refractivity contribution is 5.76. The van der Waals surface area contributed by atoms with Crippen LogP contribution in [0.15, 0.2) is 0 Å². The molecule has 88 valence electrons. The lowest BCUT2D eigenvalue weighted by Crippen LogP contribution is -2.34. The molecule has 0 bridgehead atoms. The van der Waals surface area contributed by atoms with Crippen molar-refractivity contribution in [2.75, 3.05) is 19.6 Å². The Kier molecular flexibility index (Phi) is 5.69. The first-order valence-electron chi connectivity index (χ1n) is 6.16. The van der Waals surface area contributed by atoms with E-state index in [1.807, 2.05) is 0 Å². The molecule has 1 aliphatic rings. The normalized spacial score (nSPS) is 21.7. The Bertz CT molecular complexity index is 186. The van der Waals surface area contributed by atoms with Gasteiger partial charge in [0.25, 0.3) is 0 Å². The first kappa shape index (κ1) is 12.5. The molecule has 1 saturated heterocycles. The zero-order valence-corrected chi connectivity index (χ0v) is 10.0. The number of amides is 1. The van der Waals surface area contributed by atoms with Crippen LogP contribution < -0.4 is 10.6 Å². The van der Waals surface area contributed by atoms with E-state index in [0.29, 0.717) is 18.3 Å². The fraction of sp³-hybridized carbons (Fsp3) is 0.917. The van der Waals surface area contributed by atoms with E-state index in [0.717, 1.165) is 26.1 Å². The Morgan fingerprint density at radius 3 is 2.93 bits per heavy atom. The van der Waals surface area contributed by atoms with Crippen LogP contribution in [0.5, 0.6) is 0 Å². The third-order valence-corrected chi connectivity index (χ3v) is 2.92. The first-order valence-corrected chi connectivity index (χ1v) is 6.16. The van der Waals surface area contributed by atoms with E-state index < -0.39 is 0 Å². The molecule has 0 aromatic heterocycles. The molecule has 1 aliphatic heterocycles. The van der Waals surface area contributed by atoms with Gasteiger partial charge in [-0.15, -0.1) is 0 Å². The number of carbonyl (C=O) groups excluding carboxylic acids is 1. The molecule has 0 aromatic carbocycles. The fourth-order valence-corrected chi connectivity index (χ4v) is 1.93. The van der Waals surface area contributed by atoms with Gasteiger partial charge in [0.05, 0.1) is 0 Å². The van der Waals surface area contributed by atoms with Crippen LogP contribution in [0.25, 0.3) is 0 Å². The number of rotatable bonds is 5. The van der Waals surface area contributed by atoms with Gasteiger partial charge in [-0.2, -0.15) is 0 Å². The van der Waals surface area contributed by atoms with Gasteiger partial charge in [-0.25, -0.2) is 0 Å². The van der Waals surface area contributed by atoms with Crippen LogP contribution in [0, 0.1) is 11.8 Å². The molecule has 3 heteroatoms. The predicted molar refractivity (Wildman–Crippen MR) is 62.7 cm³/mol. The van der Waals surface area contributed by atoms with E-state index in [9.17, 15) is 4.79 Å². The lowest BCUT2D eigenvalue weighted by Gasteiger charge is -2.22. The summed E-state index contributed by atoms with van der Waals surface area (Å²) in [6.07, 6.45) is 4.19. The molecule has 0 saturated carbocycles. The number of hydrogen-bond donors (Lipinski definition) is 2. The molecule has 3 nitrogen and oxygen atoms in total. The van der Waals surface area contributed by atoms with Crippen molar-refractivity contribution in [1.29, 1.82) is 0 Å². The van der Waals surface area contributed by atoms with E-state index in [4.69, 9.17) is 0 Å². The summed E-state index contributed by atoms with van der Waals surface area (Å²) in [6.45, 7) is 7.31. The van der Waals surface area contributed by atoms with Crippen LogP contribution in [0.4, 0.5) is 0 Å². The Hall–Kier alpha value is -0.570. The van der Waals surface area contributed by atoms with Gasteiger partial charge in [0, 0.05) is 13.0 Å². The van der Waals surface area contributed by atoms with Crippen molar-refractivity contribution < 1.29 is 4.79 Å². The molecular weight excluding hydrogens is 188 g/mol. The molecule has 0 aromatic rings. The van der Waals surface area contributed by atoms with Gasteiger partial charge in [0.15, 0.2) is 0 Å². The van der Waals surface area contributed by atoms with Crippen molar-refractivity contribution in [3.05, 3.63) is 0 Å². The summed E-state index contributed by atoms with van der Waals surface area (Å²) in [5, 5.41) is 6.33. The summed E-state index contributed by atoms with van der Waals surface area (Å²) in [5.41, 5.74) is 0. The van der Waals surface area contributed by atoms with Gasteiger partial charge < -0.3 is 10.6 Å². The average Bonchev–Trinajstić information content (AvgIpc) is 2.18. The minimum absolute atomic E-state index is 0.226. The zero-order chi connectivity index (χ0) is 11.1. The van der Waals surface area contributed by atoms with E-state index in [2.05, 4.69) is 24.5 Å². The Balaban J connectivity index is 2.06. The highest BCUT2D eigenvalue weighted by atomic mass is 16.1. The van der Waals surface area contributed by atoms with E-state index in [1.54, 1.807) is 0 Å². The number of carbonyl (C=O) groups is 1. The third-order valence-electron chi connectivity index (χ3n) is 2.92. The summed E-state index contributed by atoms with van der Waals surface area (Å²) in [6, 6.07) is 0. The molecule has 0 aliphatic carbocycles. The SMILES string of the molecule is CC(C)CCNC(=O)CC1CCCNC1. The van der Waals surface area contributed by atoms with Crippen molar-refractivity contribution in [2.24, 2.45) is 11.8 Å². The maximum atomic E-state index is 11.6.